The van der Waals surface area contributed by atoms with E-state index in [9.17, 15) is 9.18 Å². The van der Waals surface area contributed by atoms with Crippen molar-refractivity contribution in [2.75, 3.05) is 11.1 Å². The summed E-state index contributed by atoms with van der Waals surface area (Å²) in [4.78, 5) is 10.0. The molecule has 4 heteroatoms. The van der Waals surface area contributed by atoms with Crippen molar-refractivity contribution < 1.29 is 9.18 Å². The molecule has 0 unspecified atom stereocenters. The third-order valence-corrected chi connectivity index (χ3v) is 1.61. The summed E-state index contributed by atoms with van der Waals surface area (Å²) in [6.45, 7) is 1.58. The first-order valence-electron chi connectivity index (χ1n) is 3.41. The van der Waals surface area contributed by atoms with Crippen LogP contribution in [0.4, 0.5) is 15.8 Å². The topological polar surface area (TPSA) is 55.1 Å². The fourth-order valence-corrected chi connectivity index (χ4v) is 0.851. The van der Waals surface area contributed by atoms with Crippen LogP contribution in [0.5, 0.6) is 0 Å². The summed E-state index contributed by atoms with van der Waals surface area (Å²) in [6.07, 6.45) is 0.476. The lowest BCUT2D eigenvalue weighted by Gasteiger charge is -2.04. The SMILES string of the molecule is Cc1c(N)cc(NC=O)cc1F. The number of benzene rings is 1. The van der Waals surface area contributed by atoms with E-state index < -0.39 is 5.82 Å². The van der Waals surface area contributed by atoms with E-state index in [0.29, 0.717) is 23.3 Å². The van der Waals surface area contributed by atoms with Gasteiger partial charge >= 0.3 is 0 Å². The molecule has 1 amide bonds. The summed E-state index contributed by atoms with van der Waals surface area (Å²) in [6, 6.07) is 2.73. The van der Waals surface area contributed by atoms with Gasteiger partial charge in [-0.05, 0) is 19.1 Å². The van der Waals surface area contributed by atoms with Gasteiger partial charge in [0.25, 0.3) is 0 Å². The Balaban J connectivity index is 3.11. The summed E-state index contributed by atoms with van der Waals surface area (Å²) in [7, 11) is 0. The molecule has 0 heterocycles. The summed E-state index contributed by atoms with van der Waals surface area (Å²) in [5.74, 6) is -0.417. The predicted octanol–water partition coefficient (Wildman–Crippen LogP) is 1.28. The van der Waals surface area contributed by atoms with Crippen molar-refractivity contribution in [1.29, 1.82) is 0 Å². The minimum absolute atomic E-state index is 0.333. The molecule has 0 aliphatic rings. The van der Waals surface area contributed by atoms with Gasteiger partial charge in [-0.25, -0.2) is 4.39 Å². The molecule has 0 saturated carbocycles. The zero-order valence-electron chi connectivity index (χ0n) is 6.60. The molecule has 0 saturated heterocycles. The molecule has 0 radical (unpaired) electrons. The van der Waals surface area contributed by atoms with Crippen LogP contribution in [-0.4, -0.2) is 6.41 Å². The molecule has 0 aromatic heterocycles. The Bertz CT molecular complexity index is 289. The predicted molar refractivity (Wildman–Crippen MR) is 45.2 cm³/mol. The van der Waals surface area contributed by atoms with Crippen molar-refractivity contribution >= 4 is 17.8 Å². The van der Waals surface area contributed by atoms with Crippen LogP contribution < -0.4 is 11.1 Å². The second-order valence-corrected chi connectivity index (χ2v) is 2.43. The quantitative estimate of drug-likeness (QED) is 0.516. The van der Waals surface area contributed by atoms with E-state index in [4.69, 9.17) is 5.73 Å². The molecule has 12 heavy (non-hydrogen) atoms. The fraction of sp³-hybridized carbons (Fsp3) is 0.125. The number of nitrogens with two attached hydrogens (primary N) is 1. The maximum absolute atomic E-state index is 12.9. The molecule has 0 aliphatic heterocycles. The van der Waals surface area contributed by atoms with E-state index in [0.717, 1.165) is 0 Å². The Morgan fingerprint density at radius 1 is 1.58 bits per heavy atom. The molecule has 0 fully saturated rings. The smallest absolute Gasteiger partial charge is 0.211 e. The van der Waals surface area contributed by atoms with E-state index in [1.807, 2.05) is 0 Å². The van der Waals surface area contributed by atoms with Gasteiger partial charge < -0.3 is 11.1 Å². The highest BCUT2D eigenvalue weighted by atomic mass is 19.1. The number of nitrogen functional groups attached to an aromatic ring is 1. The summed E-state index contributed by atoms with van der Waals surface area (Å²) in [5.41, 5.74) is 6.55. The van der Waals surface area contributed by atoms with Crippen LogP contribution in [0.1, 0.15) is 5.56 Å². The van der Waals surface area contributed by atoms with Crippen molar-refractivity contribution in [1.82, 2.24) is 0 Å². The van der Waals surface area contributed by atoms with Gasteiger partial charge in [0, 0.05) is 16.9 Å². The molecular formula is C8H9FN2O. The van der Waals surface area contributed by atoms with Gasteiger partial charge in [-0.15, -0.1) is 0 Å². The van der Waals surface area contributed by atoms with Gasteiger partial charge in [-0.3, -0.25) is 4.79 Å². The average Bonchev–Trinajstić information content (AvgIpc) is 2.01. The van der Waals surface area contributed by atoms with Crippen LogP contribution in [0.3, 0.4) is 0 Å². The molecule has 3 N–H and O–H groups in total. The zero-order chi connectivity index (χ0) is 9.14. The third-order valence-electron chi connectivity index (χ3n) is 1.61. The zero-order valence-corrected chi connectivity index (χ0v) is 6.60. The van der Waals surface area contributed by atoms with Gasteiger partial charge in [0.2, 0.25) is 6.41 Å². The molecule has 0 atom stereocenters. The van der Waals surface area contributed by atoms with Gasteiger partial charge in [0.15, 0.2) is 0 Å². The van der Waals surface area contributed by atoms with Crippen molar-refractivity contribution in [3.63, 3.8) is 0 Å². The first kappa shape index (κ1) is 8.52. The van der Waals surface area contributed by atoms with E-state index in [2.05, 4.69) is 5.32 Å². The van der Waals surface area contributed by atoms with Crippen LogP contribution in [0, 0.1) is 12.7 Å². The van der Waals surface area contributed by atoms with E-state index in [-0.39, 0.29) is 0 Å². The number of halogens is 1. The van der Waals surface area contributed by atoms with Crippen LogP contribution in [0.2, 0.25) is 0 Å². The molecule has 0 bridgehead atoms. The Hall–Kier alpha value is -1.58. The van der Waals surface area contributed by atoms with Crippen molar-refractivity contribution in [3.8, 4) is 0 Å². The second kappa shape index (κ2) is 3.21. The van der Waals surface area contributed by atoms with Gasteiger partial charge in [0.05, 0.1) is 0 Å². The highest BCUT2D eigenvalue weighted by Gasteiger charge is 2.03. The Morgan fingerprint density at radius 3 is 2.75 bits per heavy atom. The maximum Gasteiger partial charge on any atom is 0.211 e. The van der Waals surface area contributed by atoms with Crippen molar-refractivity contribution in [2.45, 2.75) is 6.92 Å². The van der Waals surface area contributed by atoms with Crippen LogP contribution >= 0.6 is 0 Å². The van der Waals surface area contributed by atoms with Gasteiger partial charge in [-0.2, -0.15) is 0 Å². The first-order valence-corrected chi connectivity index (χ1v) is 3.41. The Labute approximate surface area is 69.4 Å². The minimum atomic E-state index is -0.417. The van der Waals surface area contributed by atoms with Crippen LogP contribution in [-0.2, 0) is 4.79 Å². The molecule has 0 spiro atoms. The minimum Gasteiger partial charge on any atom is -0.398 e. The number of rotatable bonds is 2. The van der Waals surface area contributed by atoms with E-state index in [1.165, 1.54) is 12.1 Å². The highest BCUT2D eigenvalue weighted by Crippen LogP contribution is 2.20. The lowest BCUT2D eigenvalue weighted by atomic mass is 10.2. The molecule has 1 rings (SSSR count). The molecule has 3 nitrogen and oxygen atoms in total. The molecule has 0 aliphatic carbocycles. The van der Waals surface area contributed by atoms with Gasteiger partial charge in [-0.1, -0.05) is 0 Å². The average molecular weight is 168 g/mol. The van der Waals surface area contributed by atoms with Gasteiger partial charge in [0.1, 0.15) is 5.82 Å². The second-order valence-electron chi connectivity index (χ2n) is 2.43. The number of amides is 1. The standard InChI is InChI=1S/C8H9FN2O/c1-5-7(9)2-6(11-4-12)3-8(5)10/h2-4H,10H2,1H3,(H,11,12). The number of anilines is 2. The highest BCUT2D eigenvalue weighted by molar-refractivity contribution is 5.73. The first-order chi connectivity index (χ1) is 5.65. The number of hydrogen-bond donors (Lipinski definition) is 2. The van der Waals surface area contributed by atoms with E-state index in [1.54, 1.807) is 6.92 Å². The Morgan fingerprint density at radius 2 is 2.25 bits per heavy atom. The molecule has 1 aromatic rings. The molecular weight excluding hydrogens is 159 g/mol. The lowest BCUT2D eigenvalue weighted by Crippen LogP contribution is -1.99. The normalized spacial score (nSPS) is 9.50. The van der Waals surface area contributed by atoms with Crippen LogP contribution in [0.15, 0.2) is 12.1 Å². The maximum atomic E-state index is 12.9. The molecule has 64 valence electrons. The summed E-state index contributed by atoms with van der Waals surface area (Å²) < 4.78 is 12.9. The fourth-order valence-electron chi connectivity index (χ4n) is 0.851. The van der Waals surface area contributed by atoms with Crippen LogP contribution in [0.25, 0.3) is 0 Å². The summed E-state index contributed by atoms with van der Waals surface area (Å²) in [5, 5.41) is 2.32. The number of hydrogen-bond acceptors (Lipinski definition) is 2. The van der Waals surface area contributed by atoms with Crippen molar-refractivity contribution in [2.24, 2.45) is 0 Å². The summed E-state index contributed by atoms with van der Waals surface area (Å²) >= 11 is 0. The lowest BCUT2D eigenvalue weighted by molar-refractivity contribution is -0.105. The molecule has 1 aromatic carbocycles. The third kappa shape index (κ3) is 1.53. The number of nitrogens with one attached hydrogen (secondary N) is 1. The number of carbonyl (C=O) groups is 1. The van der Waals surface area contributed by atoms with Crippen molar-refractivity contribution in [3.05, 3.63) is 23.5 Å². The Kier molecular flexibility index (Phi) is 2.28. The largest absolute Gasteiger partial charge is 0.398 e. The number of carbonyl (C=O) groups excluding carboxylic acids is 1. The van der Waals surface area contributed by atoms with E-state index >= 15 is 0 Å². The monoisotopic (exact) mass is 168 g/mol.